The topological polar surface area (TPSA) is 132 Å². The molecule has 0 aliphatic carbocycles. The average molecular weight is 589 g/mol. The van der Waals surface area contributed by atoms with Crippen LogP contribution in [-0.4, -0.2) is 57.7 Å². The molecule has 4 rings (SSSR count). The molecule has 1 unspecified atom stereocenters. The lowest BCUT2D eigenvalue weighted by molar-refractivity contribution is 0.0693. The Balaban J connectivity index is 0.000000321. The van der Waals surface area contributed by atoms with Crippen molar-refractivity contribution in [1.29, 1.82) is 0 Å². The summed E-state index contributed by atoms with van der Waals surface area (Å²) in [6.07, 6.45) is 8.74. The van der Waals surface area contributed by atoms with Gasteiger partial charge in [0.1, 0.15) is 5.75 Å². The molecule has 5 N–H and O–H groups in total. The Hall–Kier alpha value is -3.82. The Bertz CT molecular complexity index is 1360. The molecule has 1 aromatic heterocycles. The molecule has 0 bridgehead atoms. The molecule has 0 amide bonds. The zero-order valence-electron chi connectivity index (χ0n) is 24.7. The molecular formula is C35H44N2O6. The van der Waals surface area contributed by atoms with E-state index in [1.54, 1.807) is 30.3 Å². The summed E-state index contributed by atoms with van der Waals surface area (Å²) in [5.41, 5.74) is 2.64. The summed E-state index contributed by atoms with van der Waals surface area (Å²) < 4.78 is 5.72. The number of unbranched alkanes of at least 4 members (excludes halogenated alkanes) is 4. The van der Waals surface area contributed by atoms with Gasteiger partial charge in [0.15, 0.2) is 5.69 Å². The first-order chi connectivity index (χ1) is 21.0. The van der Waals surface area contributed by atoms with Gasteiger partial charge < -0.3 is 30.5 Å². The third kappa shape index (κ3) is 12.1. The molecule has 43 heavy (non-hydrogen) atoms. The van der Waals surface area contributed by atoms with Gasteiger partial charge in [-0.05, 0) is 73.4 Å². The number of benzene rings is 3. The summed E-state index contributed by atoms with van der Waals surface area (Å²) in [7, 11) is 0. The number of phenols is 1. The van der Waals surface area contributed by atoms with Crippen molar-refractivity contribution in [3.63, 3.8) is 0 Å². The summed E-state index contributed by atoms with van der Waals surface area (Å²) in [6, 6.07) is 24.5. The van der Waals surface area contributed by atoms with Crippen LogP contribution in [0.3, 0.4) is 0 Å². The monoisotopic (exact) mass is 588 g/mol. The highest BCUT2D eigenvalue weighted by Gasteiger charge is 2.10. The molecular weight excluding hydrogens is 544 g/mol. The number of aromatic nitrogens is 1. The molecule has 8 heteroatoms. The van der Waals surface area contributed by atoms with E-state index in [4.69, 9.17) is 9.84 Å². The van der Waals surface area contributed by atoms with Crippen molar-refractivity contribution in [2.24, 2.45) is 0 Å². The number of ether oxygens (including phenoxy) is 1. The number of carbonyl (C=O) groups is 1. The lowest BCUT2D eigenvalue weighted by Crippen LogP contribution is -2.22. The lowest BCUT2D eigenvalue weighted by Gasteiger charge is -2.14. The average Bonchev–Trinajstić information content (AvgIpc) is 3.03. The van der Waals surface area contributed by atoms with Crippen LogP contribution in [0.4, 0.5) is 0 Å². The third-order valence-electron chi connectivity index (χ3n) is 7.11. The van der Waals surface area contributed by atoms with Crippen LogP contribution in [0, 0.1) is 0 Å². The Kier molecular flexibility index (Phi) is 15.2. The number of rotatable bonds is 17. The van der Waals surface area contributed by atoms with Crippen LogP contribution >= 0.6 is 0 Å². The number of aromatic hydroxyl groups is 1. The molecule has 8 nitrogen and oxygen atoms in total. The Morgan fingerprint density at radius 2 is 1.58 bits per heavy atom. The van der Waals surface area contributed by atoms with Crippen LogP contribution in [0.2, 0.25) is 0 Å². The van der Waals surface area contributed by atoms with Crippen LogP contribution < -0.4 is 5.32 Å². The highest BCUT2D eigenvalue weighted by molar-refractivity contribution is 6.01. The smallest absolute Gasteiger partial charge is 0.355 e. The maximum Gasteiger partial charge on any atom is 0.355 e. The van der Waals surface area contributed by atoms with Gasteiger partial charge in [-0.1, -0.05) is 73.5 Å². The maximum absolute atomic E-state index is 10.8. The Morgan fingerprint density at radius 1 is 0.860 bits per heavy atom. The van der Waals surface area contributed by atoms with Crippen molar-refractivity contribution in [3.8, 4) is 5.75 Å². The molecule has 1 atom stereocenters. The predicted molar refractivity (Wildman–Crippen MR) is 169 cm³/mol. The number of nitrogens with zero attached hydrogens (tertiary/aromatic N) is 1. The van der Waals surface area contributed by atoms with Gasteiger partial charge in [-0.3, -0.25) is 0 Å². The minimum atomic E-state index is -0.989. The van der Waals surface area contributed by atoms with E-state index in [1.165, 1.54) is 24.2 Å². The molecule has 4 aromatic rings. The van der Waals surface area contributed by atoms with E-state index in [0.717, 1.165) is 63.7 Å². The van der Waals surface area contributed by atoms with Crippen molar-refractivity contribution in [3.05, 3.63) is 107 Å². The Morgan fingerprint density at radius 3 is 2.35 bits per heavy atom. The standard InChI is InChI=1S/C25H37NO4.C10H7NO2/c27-20-23-18-22(13-14-24(23)28)25(29)19-26-15-7-1-2-8-16-30-17-9-6-12-21-10-4-3-5-11-21;12-10(13)9-8-4-2-1-3-7(8)5-6-11-9/h3-5,10-11,13-14,18,25-29H,1-2,6-9,12,15-17,19-20H2;1-6H,(H,12,13). The number of pyridine rings is 1. The van der Waals surface area contributed by atoms with Crippen LogP contribution in [-0.2, 0) is 17.8 Å². The van der Waals surface area contributed by atoms with Gasteiger partial charge in [0.2, 0.25) is 0 Å². The normalized spacial score (nSPS) is 11.6. The van der Waals surface area contributed by atoms with E-state index < -0.39 is 12.1 Å². The first kappa shape index (κ1) is 33.7. The van der Waals surface area contributed by atoms with Gasteiger partial charge in [-0.15, -0.1) is 0 Å². The second kappa shape index (κ2) is 19.4. The van der Waals surface area contributed by atoms with Crippen molar-refractivity contribution in [2.45, 2.75) is 57.7 Å². The van der Waals surface area contributed by atoms with E-state index in [0.29, 0.717) is 23.1 Å². The largest absolute Gasteiger partial charge is 0.508 e. The highest BCUT2D eigenvalue weighted by Crippen LogP contribution is 2.22. The summed E-state index contributed by atoms with van der Waals surface area (Å²) in [5.74, 6) is -0.936. The number of hydrogen-bond donors (Lipinski definition) is 5. The first-order valence-corrected chi connectivity index (χ1v) is 15.0. The van der Waals surface area contributed by atoms with Crippen LogP contribution in [0.15, 0.2) is 85.1 Å². The zero-order chi connectivity index (χ0) is 30.7. The minimum absolute atomic E-state index is 0.0533. The van der Waals surface area contributed by atoms with Crippen LogP contribution in [0.5, 0.6) is 5.75 Å². The van der Waals surface area contributed by atoms with Crippen molar-refractivity contribution < 1.29 is 30.0 Å². The summed E-state index contributed by atoms with van der Waals surface area (Å²) in [4.78, 5) is 14.6. The fourth-order valence-electron chi connectivity index (χ4n) is 4.67. The SMILES string of the molecule is O=C(O)c1nccc2ccccc12.OCc1cc(C(O)CNCCCCCCOCCCCc2ccccc2)ccc1O. The molecule has 0 radical (unpaired) electrons. The number of carboxylic acid groups (broad SMARTS) is 1. The quantitative estimate of drug-likeness (QED) is 0.0944. The summed E-state index contributed by atoms with van der Waals surface area (Å²) in [5, 5.41) is 42.7. The number of aliphatic hydroxyl groups is 2. The van der Waals surface area contributed by atoms with Crippen molar-refractivity contribution in [2.75, 3.05) is 26.3 Å². The highest BCUT2D eigenvalue weighted by atomic mass is 16.5. The first-order valence-electron chi connectivity index (χ1n) is 15.0. The molecule has 0 saturated carbocycles. The molecule has 0 spiro atoms. The van der Waals surface area contributed by atoms with Crippen LogP contribution in [0.1, 0.15) is 71.8 Å². The number of aromatic carboxylic acids is 1. The fourth-order valence-corrected chi connectivity index (χ4v) is 4.67. The minimum Gasteiger partial charge on any atom is -0.508 e. The van der Waals surface area contributed by atoms with Crippen LogP contribution in [0.25, 0.3) is 10.8 Å². The number of hydrogen-bond acceptors (Lipinski definition) is 7. The van der Waals surface area contributed by atoms with Gasteiger partial charge in [-0.2, -0.15) is 0 Å². The second-order valence-corrected chi connectivity index (χ2v) is 10.4. The number of carboxylic acids is 1. The van der Waals surface area contributed by atoms with Gasteiger partial charge in [-0.25, -0.2) is 9.78 Å². The molecule has 0 aliphatic rings. The van der Waals surface area contributed by atoms with Gasteiger partial charge in [0.05, 0.1) is 12.7 Å². The van der Waals surface area contributed by atoms with Crippen molar-refractivity contribution in [1.82, 2.24) is 10.3 Å². The van der Waals surface area contributed by atoms with Crippen molar-refractivity contribution >= 4 is 16.7 Å². The number of nitrogens with one attached hydrogen (secondary N) is 1. The predicted octanol–water partition coefficient (Wildman–Crippen LogP) is 6.04. The van der Waals surface area contributed by atoms with Gasteiger partial charge in [0, 0.05) is 36.9 Å². The lowest BCUT2D eigenvalue weighted by atomic mass is 10.1. The molecule has 1 heterocycles. The Labute approximate surface area is 254 Å². The van der Waals surface area contributed by atoms with E-state index in [1.807, 2.05) is 12.1 Å². The van der Waals surface area contributed by atoms with E-state index in [9.17, 15) is 20.1 Å². The molecule has 230 valence electrons. The molecule has 3 aromatic carbocycles. The number of aliphatic hydroxyl groups excluding tert-OH is 2. The van der Waals surface area contributed by atoms with Gasteiger partial charge in [0.25, 0.3) is 0 Å². The third-order valence-corrected chi connectivity index (χ3v) is 7.11. The van der Waals surface area contributed by atoms with E-state index in [2.05, 4.69) is 40.6 Å². The molecule has 0 fully saturated rings. The second-order valence-electron chi connectivity index (χ2n) is 10.4. The molecule has 0 saturated heterocycles. The summed E-state index contributed by atoms with van der Waals surface area (Å²) in [6.45, 7) is 2.77. The van der Waals surface area contributed by atoms with Gasteiger partial charge >= 0.3 is 5.97 Å². The fraction of sp³-hybridized carbons (Fsp3) is 0.371. The van der Waals surface area contributed by atoms with E-state index in [-0.39, 0.29) is 18.1 Å². The molecule has 0 aliphatic heterocycles. The zero-order valence-corrected chi connectivity index (χ0v) is 24.7. The summed E-state index contributed by atoms with van der Waals surface area (Å²) >= 11 is 0. The van der Waals surface area contributed by atoms with E-state index >= 15 is 0 Å². The number of fused-ring (bicyclic) bond motifs is 1. The maximum atomic E-state index is 10.8. The number of aryl methyl sites for hydroxylation is 1.